The van der Waals surface area contributed by atoms with Crippen molar-refractivity contribution in [2.24, 2.45) is 0 Å². The number of aromatic nitrogens is 2. The maximum atomic E-state index is 2.38. The third kappa shape index (κ3) is 1.64. The van der Waals surface area contributed by atoms with Crippen molar-refractivity contribution < 1.29 is 4.57 Å². The lowest BCUT2D eigenvalue weighted by atomic mass is 9.93. The largest absolute Gasteiger partial charge is 0.295 e. The Balaban J connectivity index is 1.80. The molecule has 3 heterocycles. The van der Waals surface area contributed by atoms with Crippen LogP contribution in [0.1, 0.15) is 16.7 Å². The van der Waals surface area contributed by atoms with Crippen LogP contribution in [-0.4, -0.2) is 4.40 Å². The van der Waals surface area contributed by atoms with Crippen LogP contribution in [0.25, 0.3) is 38.4 Å². The molecular formula is C24H19N2+. The van der Waals surface area contributed by atoms with E-state index in [2.05, 4.69) is 89.8 Å². The molecule has 0 saturated heterocycles. The fraction of sp³-hybridized carbons (Fsp3) is 0.125. The second-order valence-electron chi connectivity index (χ2n) is 7.46. The number of benzene rings is 3. The smallest absolute Gasteiger partial charge is 0.225 e. The van der Waals surface area contributed by atoms with E-state index in [-0.39, 0.29) is 0 Å². The number of hydrogen-bond donors (Lipinski definition) is 0. The molecule has 3 aromatic carbocycles. The second kappa shape index (κ2) is 4.73. The van der Waals surface area contributed by atoms with E-state index in [4.69, 9.17) is 0 Å². The maximum Gasteiger partial charge on any atom is 0.295 e. The van der Waals surface area contributed by atoms with Crippen molar-refractivity contribution in [1.82, 2.24) is 4.40 Å². The molecule has 0 aliphatic carbocycles. The lowest BCUT2D eigenvalue weighted by Crippen LogP contribution is -2.28. The van der Waals surface area contributed by atoms with E-state index in [0.29, 0.717) is 0 Å². The predicted octanol–water partition coefficient (Wildman–Crippen LogP) is 5.18. The molecule has 0 unspecified atom stereocenters. The van der Waals surface area contributed by atoms with Gasteiger partial charge in [0.25, 0.3) is 5.65 Å². The number of imidazole rings is 1. The van der Waals surface area contributed by atoms with Crippen LogP contribution in [-0.2, 0) is 6.54 Å². The normalized spacial score (nSPS) is 12.8. The highest BCUT2D eigenvalue weighted by molar-refractivity contribution is 6.13. The third-order valence-corrected chi connectivity index (χ3v) is 5.93. The summed E-state index contributed by atoms with van der Waals surface area (Å²) in [6, 6.07) is 20.2. The van der Waals surface area contributed by atoms with Crippen molar-refractivity contribution in [1.29, 1.82) is 0 Å². The van der Waals surface area contributed by atoms with Gasteiger partial charge in [-0.15, -0.1) is 0 Å². The SMILES string of the molecule is Cc1cccc(C)c1-c1ccc2c(c1)c1cccc3c1c1n2cc[n+]1C3. The van der Waals surface area contributed by atoms with Crippen LogP contribution in [0.3, 0.4) is 0 Å². The van der Waals surface area contributed by atoms with E-state index in [0.717, 1.165) is 6.54 Å². The zero-order chi connectivity index (χ0) is 17.4. The van der Waals surface area contributed by atoms with E-state index >= 15 is 0 Å². The Bertz CT molecular complexity index is 1350. The highest BCUT2D eigenvalue weighted by Crippen LogP contribution is 2.36. The molecule has 2 nitrogen and oxygen atoms in total. The van der Waals surface area contributed by atoms with Gasteiger partial charge in [-0.2, -0.15) is 4.40 Å². The zero-order valence-electron chi connectivity index (χ0n) is 15.0. The highest BCUT2D eigenvalue weighted by atomic mass is 15.1. The van der Waals surface area contributed by atoms with Gasteiger partial charge in [0, 0.05) is 16.3 Å². The molecule has 6 rings (SSSR count). The molecule has 0 fully saturated rings. The number of nitrogens with zero attached hydrogens (tertiary/aromatic N) is 2. The number of pyridine rings is 1. The molecule has 0 atom stereocenters. The van der Waals surface area contributed by atoms with Crippen LogP contribution >= 0.6 is 0 Å². The molecule has 0 saturated carbocycles. The average molecular weight is 335 g/mol. The molecule has 1 aliphatic heterocycles. The summed E-state index contributed by atoms with van der Waals surface area (Å²) in [6.07, 6.45) is 4.40. The maximum absolute atomic E-state index is 2.38. The van der Waals surface area contributed by atoms with Crippen molar-refractivity contribution in [3.63, 3.8) is 0 Å². The van der Waals surface area contributed by atoms with Crippen LogP contribution < -0.4 is 4.57 Å². The first-order chi connectivity index (χ1) is 12.7. The van der Waals surface area contributed by atoms with Gasteiger partial charge in [-0.1, -0.05) is 42.5 Å². The topological polar surface area (TPSA) is 8.29 Å². The molecule has 0 radical (unpaired) electrons. The van der Waals surface area contributed by atoms with Crippen LogP contribution in [0.4, 0.5) is 0 Å². The molecule has 5 aromatic rings. The van der Waals surface area contributed by atoms with E-state index in [1.807, 2.05) is 0 Å². The van der Waals surface area contributed by atoms with Crippen LogP contribution in [0, 0.1) is 13.8 Å². The Morgan fingerprint density at radius 3 is 2.54 bits per heavy atom. The van der Waals surface area contributed by atoms with Crippen molar-refractivity contribution in [3.05, 3.63) is 83.7 Å². The van der Waals surface area contributed by atoms with Crippen molar-refractivity contribution in [2.45, 2.75) is 20.4 Å². The summed E-state index contributed by atoms with van der Waals surface area (Å²) in [5.41, 5.74) is 9.35. The number of rotatable bonds is 1. The van der Waals surface area contributed by atoms with Crippen molar-refractivity contribution in [2.75, 3.05) is 0 Å². The molecule has 0 spiro atoms. The Morgan fingerprint density at radius 1 is 0.885 bits per heavy atom. The van der Waals surface area contributed by atoms with Crippen molar-refractivity contribution >= 4 is 27.3 Å². The predicted molar refractivity (Wildman–Crippen MR) is 107 cm³/mol. The van der Waals surface area contributed by atoms with Gasteiger partial charge in [-0.05, 0) is 48.2 Å². The molecule has 0 bridgehead atoms. The van der Waals surface area contributed by atoms with E-state index < -0.39 is 0 Å². The molecule has 2 aromatic heterocycles. The summed E-state index contributed by atoms with van der Waals surface area (Å²) in [4.78, 5) is 0. The Kier molecular flexibility index (Phi) is 2.56. The zero-order valence-corrected chi connectivity index (χ0v) is 15.0. The number of aryl methyl sites for hydroxylation is 2. The van der Waals surface area contributed by atoms with Gasteiger partial charge in [0.2, 0.25) is 0 Å². The fourth-order valence-corrected chi connectivity index (χ4v) is 4.80. The summed E-state index contributed by atoms with van der Waals surface area (Å²) in [5.74, 6) is 0. The first-order valence-electron chi connectivity index (χ1n) is 9.17. The van der Waals surface area contributed by atoms with Gasteiger partial charge in [0.15, 0.2) is 0 Å². The molecular weight excluding hydrogens is 316 g/mol. The standard InChI is InChI=1S/C24H19N2/c1-15-5-3-6-16(2)22(15)17-9-10-21-20(13-17)19-8-4-7-18-14-25-11-12-26(21)24(25)23(18)19/h3-13H,14H2,1-2H3/q+1. The lowest BCUT2D eigenvalue weighted by molar-refractivity contribution is -0.657. The van der Waals surface area contributed by atoms with Gasteiger partial charge in [0.05, 0.1) is 5.39 Å². The number of hydrogen-bond acceptors (Lipinski definition) is 0. The fourth-order valence-electron chi connectivity index (χ4n) is 4.80. The molecule has 2 heteroatoms. The minimum Gasteiger partial charge on any atom is -0.225 e. The Morgan fingerprint density at radius 2 is 1.69 bits per heavy atom. The molecule has 124 valence electrons. The van der Waals surface area contributed by atoms with E-state index in [1.165, 1.54) is 55.1 Å². The molecule has 26 heavy (non-hydrogen) atoms. The van der Waals surface area contributed by atoms with Crippen molar-refractivity contribution in [3.8, 4) is 11.1 Å². The summed E-state index contributed by atoms with van der Waals surface area (Å²) < 4.78 is 4.71. The first-order valence-corrected chi connectivity index (χ1v) is 9.17. The summed E-state index contributed by atoms with van der Waals surface area (Å²) in [6.45, 7) is 5.38. The summed E-state index contributed by atoms with van der Waals surface area (Å²) in [5, 5.41) is 4.10. The minimum atomic E-state index is 0.975. The van der Waals surface area contributed by atoms with Gasteiger partial charge < -0.3 is 0 Å². The van der Waals surface area contributed by atoms with E-state index in [1.54, 1.807) is 0 Å². The minimum absolute atomic E-state index is 0.975. The third-order valence-electron chi connectivity index (χ3n) is 5.93. The summed E-state index contributed by atoms with van der Waals surface area (Å²) >= 11 is 0. The average Bonchev–Trinajstić information content (AvgIpc) is 3.21. The highest BCUT2D eigenvalue weighted by Gasteiger charge is 2.26. The Labute approximate surface area is 151 Å². The monoisotopic (exact) mass is 335 g/mol. The second-order valence-corrected chi connectivity index (χ2v) is 7.46. The molecule has 0 amide bonds. The van der Waals surface area contributed by atoms with Gasteiger partial charge in [-0.3, -0.25) is 0 Å². The molecule has 0 N–H and O–H groups in total. The van der Waals surface area contributed by atoms with Crippen LogP contribution in [0.15, 0.2) is 67.0 Å². The van der Waals surface area contributed by atoms with Gasteiger partial charge in [0.1, 0.15) is 24.5 Å². The van der Waals surface area contributed by atoms with Crippen LogP contribution in [0.2, 0.25) is 0 Å². The number of fused-ring (bicyclic) bond motifs is 3. The van der Waals surface area contributed by atoms with Gasteiger partial charge >= 0.3 is 0 Å². The first kappa shape index (κ1) is 14.1. The van der Waals surface area contributed by atoms with Gasteiger partial charge in [-0.25, -0.2) is 4.57 Å². The molecule has 1 aliphatic rings. The Hall–Kier alpha value is -3.13. The lowest BCUT2D eigenvalue weighted by Gasteiger charge is -2.11. The quantitative estimate of drug-likeness (QED) is 0.289. The summed E-state index contributed by atoms with van der Waals surface area (Å²) in [7, 11) is 0. The van der Waals surface area contributed by atoms with E-state index in [9.17, 15) is 0 Å². The van der Waals surface area contributed by atoms with Crippen LogP contribution in [0.5, 0.6) is 0 Å².